The summed E-state index contributed by atoms with van der Waals surface area (Å²) in [7, 11) is 0. The van der Waals surface area contributed by atoms with Crippen molar-refractivity contribution in [2.45, 2.75) is 4.58 Å². The first kappa shape index (κ1) is 11.9. The van der Waals surface area contributed by atoms with Crippen molar-refractivity contribution in [1.29, 1.82) is 0 Å². The Balaban J connectivity index is 2.44. The molecule has 0 saturated carbocycles. The van der Waals surface area contributed by atoms with Crippen molar-refractivity contribution in [3.8, 4) is 0 Å². The molecule has 0 aliphatic heterocycles. The summed E-state index contributed by atoms with van der Waals surface area (Å²) in [5, 5.41) is 24.1. The fourth-order valence-electron chi connectivity index (χ4n) is 0.950. The Labute approximate surface area is 91.5 Å². The summed E-state index contributed by atoms with van der Waals surface area (Å²) >= 11 is 3.32. The van der Waals surface area contributed by atoms with Crippen molar-refractivity contribution in [2.75, 3.05) is 24.7 Å². The molecule has 0 radical (unpaired) electrons. The van der Waals surface area contributed by atoms with Gasteiger partial charge < -0.3 is 10.2 Å². The molecule has 3 N–H and O–H groups in total. The summed E-state index contributed by atoms with van der Waals surface area (Å²) in [6.07, 6.45) is 3.62. The summed E-state index contributed by atoms with van der Waals surface area (Å²) in [6.45, 7) is 0.359. The molecule has 4 nitrogen and oxygen atoms in total. The summed E-state index contributed by atoms with van der Waals surface area (Å²) < 4.78 is 0.244. The molecule has 0 saturated heterocycles. The zero-order valence-corrected chi connectivity index (χ0v) is 9.35. The minimum Gasteiger partial charge on any atom is -0.396 e. The van der Waals surface area contributed by atoms with E-state index in [9.17, 15) is 0 Å². The van der Waals surface area contributed by atoms with Crippen molar-refractivity contribution >= 4 is 23.5 Å². The van der Waals surface area contributed by atoms with Crippen LogP contribution in [-0.4, -0.2) is 45.1 Å². The zero-order chi connectivity index (χ0) is 10.2. The maximum absolute atomic E-state index is 8.74. The number of nitrogens with one attached hydrogen (secondary N) is 1. The second kappa shape index (κ2) is 7.17. The van der Waals surface area contributed by atoms with E-state index in [-0.39, 0.29) is 17.8 Å². The lowest BCUT2D eigenvalue weighted by Gasteiger charge is -2.12. The first-order valence-electron chi connectivity index (χ1n) is 4.32. The van der Waals surface area contributed by atoms with Gasteiger partial charge in [-0.2, -0.15) is 5.10 Å². The van der Waals surface area contributed by atoms with Crippen LogP contribution in [0.5, 0.6) is 0 Å². The summed E-state index contributed by atoms with van der Waals surface area (Å²) in [5.41, 5.74) is 1.10. The number of aromatic amines is 1. The van der Waals surface area contributed by atoms with Crippen molar-refractivity contribution in [2.24, 2.45) is 0 Å². The van der Waals surface area contributed by atoms with Gasteiger partial charge in [0.1, 0.15) is 0 Å². The summed E-state index contributed by atoms with van der Waals surface area (Å²) in [6, 6.07) is 0. The lowest BCUT2D eigenvalue weighted by molar-refractivity contribution is 0.322. The van der Waals surface area contributed by atoms with Crippen LogP contribution in [0, 0.1) is 0 Å². The number of thioether (sulfide) groups is 2. The van der Waals surface area contributed by atoms with Crippen LogP contribution in [0.15, 0.2) is 12.4 Å². The molecular formula is C8H14N2O2S2. The fraction of sp³-hybridized carbons (Fsp3) is 0.625. The molecule has 1 aromatic heterocycles. The number of hydrogen-bond acceptors (Lipinski definition) is 5. The molecule has 0 amide bonds. The lowest BCUT2D eigenvalue weighted by atomic mass is 10.4. The Hall–Kier alpha value is -0.170. The van der Waals surface area contributed by atoms with Crippen LogP contribution < -0.4 is 0 Å². The van der Waals surface area contributed by atoms with Crippen LogP contribution in [0.3, 0.4) is 0 Å². The minimum absolute atomic E-state index is 0.179. The molecule has 0 atom stereocenters. The van der Waals surface area contributed by atoms with E-state index >= 15 is 0 Å². The molecule has 1 heterocycles. The highest BCUT2D eigenvalue weighted by atomic mass is 32.2. The number of hydrogen-bond donors (Lipinski definition) is 3. The highest BCUT2D eigenvalue weighted by Crippen LogP contribution is 2.38. The molecule has 0 aliphatic rings. The predicted molar refractivity (Wildman–Crippen MR) is 60.4 cm³/mol. The van der Waals surface area contributed by atoms with E-state index in [0.717, 1.165) is 5.56 Å². The van der Waals surface area contributed by atoms with E-state index in [2.05, 4.69) is 10.2 Å². The standard InChI is InChI=1S/C8H14N2O2S2/c11-1-3-13-8(14-4-2-12)7-5-9-10-6-7/h5-6,8,11-12H,1-4H2,(H,9,10). The molecule has 0 spiro atoms. The average Bonchev–Trinajstić information content (AvgIpc) is 2.71. The molecule has 14 heavy (non-hydrogen) atoms. The first-order chi connectivity index (χ1) is 6.88. The third kappa shape index (κ3) is 3.91. The van der Waals surface area contributed by atoms with Gasteiger partial charge in [0.05, 0.1) is 24.0 Å². The number of H-pyrrole nitrogens is 1. The highest BCUT2D eigenvalue weighted by molar-refractivity contribution is 8.16. The van der Waals surface area contributed by atoms with Crippen molar-refractivity contribution < 1.29 is 10.2 Å². The fourth-order valence-corrected chi connectivity index (χ4v) is 3.19. The van der Waals surface area contributed by atoms with Crippen molar-refractivity contribution in [3.05, 3.63) is 18.0 Å². The zero-order valence-electron chi connectivity index (χ0n) is 7.72. The largest absolute Gasteiger partial charge is 0.396 e. The normalized spacial score (nSPS) is 11.1. The van der Waals surface area contributed by atoms with Crippen molar-refractivity contribution in [3.63, 3.8) is 0 Å². The second-order valence-electron chi connectivity index (χ2n) is 2.55. The minimum atomic E-state index is 0.179. The van der Waals surface area contributed by atoms with E-state index < -0.39 is 0 Å². The molecule has 0 aliphatic carbocycles. The third-order valence-electron chi connectivity index (χ3n) is 1.51. The smallest absolute Gasteiger partial charge is 0.0783 e. The topological polar surface area (TPSA) is 69.1 Å². The monoisotopic (exact) mass is 234 g/mol. The quantitative estimate of drug-likeness (QED) is 0.610. The number of aromatic nitrogens is 2. The number of aliphatic hydroxyl groups is 2. The molecule has 80 valence electrons. The van der Waals surface area contributed by atoms with E-state index in [0.29, 0.717) is 11.5 Å². The third-order valence-corrected chi connectivity index (χ3v) is 4.32. The van der Waals surface area contributed by atoms with Gasteiger partial charge in [-0.05, 0) is 0 Å². The first-order valence-corrected chi connectivity index (χ1v) is 6.42. The molecule has 0 bridgehead atoms. The van der Waals surface area contributed by atoms with Crippen LogP contribution >= 0.6 is 23.5 Å². The average molecular weight is 234 g/mol. The maximum atomic E-state index is 8.74. The van der Waals surface area contributed by atoms with Gasteiger partial charge in [-0.3, -0.25) is 5.10 Å². The van der Waals surface area contributed by atoms with E-state index in [1.165, 1.54) is 0 Å². The summed E-state index contributed by atoms with van der Waals surface area (Å²) in [4.78, 5) is 0. The molecular weight excluding hydrogens is 220 g/mol. The predicted octanol–water partition coefficient (Wildman–Crippen LogP) is 0.859. The maximum Gasteiger partial charge on any atom is 0.0783 e. The van der Waals surface area contributed by atoms with Crippen LogP contribution in [-0.2, 0) is 0 Å². The van der Waals surface area contributed by atoms with Crippen LogP contribution in [0.1, 0.15) is 10.1 Å². The number of nitrogens with zero attached hydrogens (tertiary/aromatic N) is 1. The number of aliphatic hydroxyl groups excluding tert-OH is 2. The molecule has 1 rings (SSSR count). The van der Waals surface area contributed by atoms with Gasteiger partial charge in [-0.15, -0.1) is 23.5 Å². The molecule has 0 unspecified atom stereocenters. The Morgan fingerprint density at radius 1 is 1.29 bits per heavy atom. The van der Waals surface area contributed by atoms with E-state index in [4.69, 9.17) is 10.2 Å². The Kier molecular flexibility index (Phi) is 6.09. The summed E-state index contributed by atoms with van der Waals surface area (Å²) in [5.74, 6) is 1.41. The van der Waals surface area contributed by atoms with Crippen LogP contribution in [0.25, 0.3) is 0 Å². The van der Waals surface area contributed by atoms with Gasteiger partial charge in [-0.1, -0.05) is 0 Å². The van der Waals surface area contributed by atoms with Crippen LogP contribution in [0.2, 0.25) is 0 Å². The van der Waals surface area contributed by atoms with Gasteiger partial charge in [0.2, 0.25) is 0 Å². The molecule has 6 heteroatoms. The van der Waals surface area contributed by atoms with Gasteiger partial charge in [0.15, 0.2) is 0 Å². The Morgan fingerprint density at radius 3 is 2.36 bits per heavy atom. The molecule has 0 aromatic carbocycles. The van der Waals surface area contributed by atoms with Gasteiger partial charge >= 0.3 is 0 Å². The number of rotatable bonds is 7. The Bertz CT molecular complexity index is 223. The molecule has 1 aromatic rings. The lowest BCUT2D eigenvalue weighted by Crippen LogP contribution is -1.96. The van der Waals surface area contributed by atoms with Gasteiger partial charge in [-0.25, -0.2) is 0 Å². The van der Waals surface area contributed by atoms with E-state index in [1.54, 1.807) is 29.7 Å². The van der Waals surface area contributed by atoms with Crippen LogP contribution in [0.4, 0.5) is 0 Å². The van der Waals surface area contributed by atoms with Gasteiger partial charge in [0.25, 0.3) is 0 Å². The van der Waals surface area contributed by atoms with Crippen molar-refractivity contribution in [1.82, 2.24) is 10.2 Å². The Morgan fingerprint density at radius 2 is 1.93 bits per heavy atom. The van der Waals surface area contributed by atoms with Gasteiger partial charge in [0, 0.05) is 23.3 Å². The van der Waals surface area contributed by atoms with E-state index in [1.807, 2.05) is 6.20 Å². The second-order valence-corrected chi connectivity index (χ2v) is 5.28. The SMILES string of the molecule is OCCSC(SCCO)c1cn[nH]c1. The molecule has 0 fully saturated rings. The highest BCUT2D eigenvalue weighted by Gasteiger charge is 2.12.